The third kappa shape index (κ3) is 4.83. The fraction of sp³-hybridized carbons (Fsp3) is 0.667. The van der Waals surface area contributed by atoms with E-state index in [0.717, 1.165) is 56.3 Å². The second kappa shape index (κ2) is 9.90. The molecule has 190 valence electrons. The zero-order valence-corrected chi connectivity index (χ0v) is 21.6. The minimum absolute atomic E-state index is 0.0468. The number of para-hydroxylation sites is 1. The van der Waals surface area contributed by atoms with Crippen LogP contribution >= 0.6 is 0 Å². The largest absolute Gasteiger partial charge is 0.348 e. The molecule has 1 aromatic heterocycles. The Balaban J connectivity index is 1.17. The quantitative estimate of drug-likeness (QED) is 0.660. The van der Waals surface area contributed by atoms with Crippen molar-refractivity contribution in [3.8, 4) is 0 Å². The molecule has 2 amide bonds. The van der Waals surface area contributed by atoms with Gasteiger partial charge in [0, 0.05) is 68.7 Å². The molecule has 3 saturated heterocycles. The number of carbonyl (C=O) groups excluding carboxylic acids is 2. The summed E-state index contributed by atoms with van der Waals surface area (Å²) in [5.41, 5.74) is 1.56. The Kier molecular flexibility index (Phi) is 6.86. The van der Waals surface area contributed by atoms with Gasteiger partial charge < -0.3 is 15.1 Å². The van der Waals surface area contributed by atoms with Crippen molar-refractivity contribution in [2.24, 2.45) is 0 Å². The maximum Gasteiger partial charge on any atom is 0.272 e. The second-order valence-corrected chi connectivity index (χ2v) is 11.1. The SMILES string of the molecule is CC(=O)N1CC[C@H](N(C)CCN2[C@@H]3CC[C@H]2C[C@H](NC(=O)c2nn(C(C)C)c4ccccc24)C3)C1. The standard InChI is InChI=1S/C27H40N6O2/c1-18(2)33-25-8-6-5-7-24(25)26(29-33)27(35)28-20-15-21-9-10-22(16-20)32(21)14-13-30(4)23-11-12-31(17-23)19(3)34/h5-8,18,20-23H,9-17H2,1-4H3,(H,28,35)/t20-,21-,22+,23-/m0/s1. The second-order valence-electron chi connectivity index (χ2n) is 11.1. The molecule has 1 N–H and O–H groups in total. The van der Waals surface area contributed by atoms with Crippen molar-refractivity contribution >= 4 is 22.7 Å². The summed E-state index contributed by atoms with van der Waals surface area (Å²) >= 11 is 0. The van der Waals surface area contributed by atoms with Crippen LogP contribution in [0.25, 0.3) is 10.9 Å². The van der Waals surface area contributed by atoms with Crippen LogP contribution in [0.3, 0.4) is 0 Å². The predicted octanol–water partition coefficient (Wildman–Crippen LogP) is 2.90. The molecule has 8 heteroatoms. The molecule has 3 aliphatic heterocycles. The third-order valence-corrected chi connectivity index (χ3v) is 8.48. The van der Waals surface area contributed by atoms with Crippen LogP contribution in [0, 0.1) is 0 Å². The molecular weight excluding hydrogens is 440 g/mol. The first-order valence-corrected chi connectivity index (χ1v) is 13.3. The maximum atomic E-state index is 13.3. The molecule has 2 bridgehead atoms. The summed E-state index contributed by atoms with van der Waals surface area (Å²) in [7, 11) is 2.20. The van der Waals surface area contributed by atoms with E-state index in [4.69, 9.17) is 0 Å². The monoisotopic (exact) mass is 480 g/mol. The molecule has 8 nitrogen and oxygen atoms in total. The van der Waals surface area contributed by atoms with Crippen LogP contribution in [0.2, 0.25) is 0 Å². The number of hydrogen-bond donors (Lipinski definition) is 1. The van der Waals surface area contributed by atoms with Crippen LogP contribution < -0.4 is 5.32 Å². The summed E-state index contributed by atoms with van der Waals surface area (Å²) in [6.07, 6.45) is 5.52. The van der Waals surface area contributed by atoms with Crippen LogP contribution in [-0.4, -0.2) is 93.7 Å². The van der Waals surface area contributed by atoms with E-state index in [1.807, 2.05) is 33.8 Å². The lowest BCUT2D eigenvalue weighted by Crippen LogP contribution is -2.52. The average Bonchev–Trinajstić information content (AvgIpc) is 3.52. The number of rotatable bonds is 7. The summed E-state index contributed by atoms with van der Waals surface area (Å²) in [4.78, 5) is 32.0. The van der Waals surface area contributed by atoms with Gasteiger partial charge in [-0.3, -0.25) is 19.2 Å². The highest BCUT2D eigenvalue weighted by molar-refractivity contribution is 6.05. The maximum absolute atomic E-state index is 13.3. The van der Waals surface area contributed by atoms with Crippen LogP contribution in [-0.2, 0) is 4.79 Å². The van der Waals surface area contributed by atoms with Crippen molar-refractivity contribution < 1.29 is 9.59 Å². The number of fused-ring (bicyclic) bond motifs is 3. The first-order chi connectivity index (χ1) is 16.8. The molecule has 0 unspecified atom stereocenters. The Morgan fingerprint density at radius 2 is 1.86 bits per heavy atom. The van der Waals surface area contributed by atoms with Gasteiger partial charge >= 0.3 is 0 Å². The molecule has 4 atom stereocenters. The number of benzene rings is 1. The zero-order chi connectivity index (χ0) is 24.7. The summed E-state index contributed by atoms with van der Waals surface area (Å²) in [5.74, 6) is 0.140. The molecule has 4 heterocycles. The predicted molar refractivity (Wildman–Crippen MR) is 137 cm³/mol. The van der Waals surface area contributed by atoms with Crippen molar-refractivity contribution in [2.45, 2.75) is 83.1 Å². The number of hydrogen-bond acceptors (Lipinski definition) is 5. The Hall–Kier alpha value is -2.45. The van der Waals surface area contributed by atoms with Crippen LogP contribution in [0.4, 0.5) is 0 Å². The highest BCUT2D eigenvalue weighted by atomic mass is 16.2. The van der Waals surface area contributed by atoms with Crippen molar-refractivity contribution in [2.75, 3.05) is 33.2 Å². The number of carbonyl (C=O) groups is 2. The minimum atomic E-state index is -0.0468. The number of likely N-dealkylation sites (tertiary alicyclic amines) is 1. The highest BCUT2D eigenvalue weighted by Gasteiger charge is 2.41. The number of nitrogens with zero attached hydrogens (tertiary/aromatic N) is 5. The van der Waals surface area contributed by atoms with Crippen molar-refractivity contribution in [1.29, 1.82) is 0 Å². The molecular formula is C27H40N6O2. The highest BCUT2D eigenvalue weighted by Crippen LogP contribution is 2.36. The van der Waals surface area contributed by atoms with E-state index in [1.165, 1.54) is 12.8 Å². The van der Waals surface area contributed by atoms with Crippen LogP contribution in [0.5, 0.6) is 0 Å². The molecule has 2 aromatic rings. The van der Waals surface area contributed by atoms with Crippen molar-refractivity contribution in [1.82, 2.24) is 29.8 Å². The van der Waals surface area contributed by atoms with Gasteiger partial charge in [0.25, 0.3) is 5.91 Å². The van der Waals surface area contributed by atoms with Gasteiger partial charge in [-0.2, -0.15) is 5.10 Å². The molecule has 0 aliphatic carbocycles. The van der Waals surface area contributed by atoms with Gasteiger partial charge in [-0.1, -0.05) is 18.2 Å². The molecule has 5 rings (SSSR count). The molecule has 0 spiro atoms. The molecule has 0 saturated carbocycles. The van der Waals surface area contributed by atoms with Gasteiger partial charge in [-0.25, -0.2) is 0 Å². The lowest BCUT2D eigenvalue weighted by Gasteiger charge is -2.40. The Morgan fingerprint density at radius 1 is 1.14 bits per heavy atom. The smallest absolute Gasteiger partial charge is 0.272 e. The summed E-state index contributed by atoms with van der Waals surface area (Å²) < 4.78 is 1.95. The average molecular weight is 481 g/mol. The topological polar surface area (TPSA) is 73.7 Å². The number of piperidine rings is 1. The lowest BCUT2D eigenvalue weighted by molar-refractivity contribution is -0.127. The van der Waals surface area contributed by atoms with Gasteiger partial charge in [0.15, 0.2) is 5.69 Å². The number of likely N-dealkylation sites (N-methyl/N-ethyl adjacent to an activating group) is 1. The third-order valence-electron chi connectivity index (χ3n) is 8.48. The summed E-state index contributed by atoms with van der Waals surface area (Å²) in [6.45, 7) is 9.68. The lowest BCUT2D eigenvalue weighted by atomic mass is 9.97. The first kappa shape index (κ1) is 24.3. The van der Waals surface area contributed by atoms with Gasteiger partial charge in [0.05, 0.1) is 5.52 Å². The van der Waals surface area contributed by atoms with Gasteiger partial charge in [0.1, 0.15) is 0 Å². The zero-order valence-electron chi connectivity index (χ0n) is 21.6. The minimum Gasteiger partial charge on any atom is -0.348 e. The molecule has 0 radical (unpaired) electrons. The Bertz CT molecular complexity index is 1070. The van der Waals surface area contributed by atoms with Gasteiger partial charge in [-0.05, 0) is 59.1 Å². The number of nitrogens with one attached hydrogen (secondary N) is 1. The summed E-state index contributed by atoms with van der Waals surface area (Å²) in [5, 5.41) is 8.95. The fourth-order valence-corrected chi connectivity index (χ4v) is 6.50. The first-order valence-electron chi connectivity index (χ1n) is 13.3. The van der Waals surface area contributed by atoms with E-state index in [9.17, 15) is 9.59 Å². The normalized spacial score (nSPS) is 26.9. The molecule has 1 aromatic carbocycles. The van der Waals surface area contributed by atoms with Crippen molar-refractivity contribution in [3.63, 3.8) is 0 Å². The molecule has 35 heavy (non-hydrogen) atoms. The summed E-state index contributed by atoms with van der Waals surface area (Å²) in [6, 6.07) is 9.96. The Labute approximate surface area is 208 Å². The van der Waals surface area contributed by atoms with Gasteiger partial charge in [0.2, 0.25) is 5.91 Å². The van der Waals surface area contributed by atoms with E-state index >= 15 is 0 Å². The fourth-order valence-electron chi connectivity index (χ4n) is 6.50. The van der Waals surface area contributed by atoms with E-state index in [-0.39, 0.29) is 23.9 Å². The van der Waals surface area contributed by atoms with E-state index < -0.39 is 0 Å². The molecule has 3 fully saturated rings. The van der Waals surface area contributed by atoms with Crippen LogP contribution in [0.1, 0.15) is 69.4 Å². The Morgan fingerprint density at radius 3 is 2.51 bits per heavy atom. The van der Waals surface area contributed by atoms with Gasteiger partial charge in [-0.15, -0.1) is 0 Å². The number of aromatic nitrogens is 2. The van der Waals surface area contributed by atoms with Crippen LogP contribution in [0.15, 0.2) is 24.3 Å². The van der Waals surface area contributed by atoms with E-state index in [1.54, 1.807) is 6.92 Å². The van der Waals surface area contributed by atoms with E-state index in [2.05, 4.69) is 41.1 Å². The molecule has 3 aliphatic rings. The van der Waals surface area contributed by atoms with E-state index in [0.29, 0.717) is 23.8 Å². The van der Waals surface area contributed by atoms with Crippen molar-refractivity contribution in [3.05, 3.63) is 30.0 Å². The number of amides is 2.